The molecule has 34 heavy (non-hydrogen) atoms. The summed E-state index contributed by atoms with van der Waals surface area (Å²) in [6.45, 7) is 7.76. The Balaban J connectivity index is 1.82. The van der Waals surface area contributed by atoms with Gasteiger partial charge < -0.3 is 13.9 Å². The molecule has 174 valence electrons. The number of fused-ring (bicyclic) bond motifs is 2. The number of benzene rings is 2. The van der Waals surface area contributed by atoms with E-state index in [4.69, 9.17) is 13.9 Å². The lowest BCUT2D eigenvalue weighted by Gasteiger charge is -2.23. The number of rotatable bonds is 4. The summed E-state index contributed by atoms with van der Waals surface area (Å²) >= 11 is 1.41. The molecular formula is C26H24N2O5S. The van der Waals surface area contributed by atoms with Gasteiger partial charge in [-0.05, 0) is 68.7 Å². The molecule has 1 atom stereocenters. The van der Waals surface area contributed by atoms with E-state index in [2.05, 4.69) is 4.98 Å². The number of aryl methyl sites for hydroxylation is 4. The Hall–Kier alpha value is -3.65. The lowest BCUT2D eigenvalue weighted by molar-refractivity contribution is 0.0971. The Bertz CT molecular complexity index is 1520. The maximum Gasteiger partial charge on any atom is 0.297 e. The fourth-order valence-electron chi connectivity index (χ4n) is 4.32. The van der Waals surface area contributed by atoms with E-state index in [0.29, 0.717) is 38.7 Å². The van der Waals surface area contributed by atoms with Crippen molar-refractivity contribution in [1.29, 1.82) is 0 Å². The van der Waals surface area contributed by atoms with Gasteiger partial charge >= 0.3 is 0 Å². The molecule has 0 saturated carbocycles. The van der Waals surface area contributed by atoms with Gasteiger partial charge in [-0.1, -0.05) is 6.07 Å². The van der Waals surface area contributed by atoms with Crippen molar-refractivity contribution in [2.45, 2.75) is 33.7 Å². The van der Waals surface area contributed by atoms with Crippen LogP contribution in [0.25, 0.3) is 11.0 Å². The summed E-state index contributed by atoms with van der Waals surface area (Å²) in [5.74, 6) is 0.718. The fourth-order valence-corrected chi connectivity index (χ4v) is 5.26. The Morgan fingerprint density at radius 2 is 1.68 bits per heavy atom. The van der Waals surface area contributed by atoms with Crippen LogP contribution in [0.5, 0.6) is 11.5 Å². The van der Waals surface area contributed by atoms with Gasteiger partial charge in [-0.15, -0.1) is 11.3 Å². The molecule has 0 saturated heterocycles. The molecule has 4 aromatic rings. The number of carbonyl (C=O) groups excluding carboxylic acids is 1. The van der Waals surface area contributed by atoms with E-state index in [-0.39, 0.29) is 17.1 Å². The first-order valence-corrected chi connectivity index (χ1v) is 11.6. The van der Waals surface area contributed by atoms with Crippen LogP contribution in [0.15, 0.2) is 39.5 Å². The van der Waals surface area contributed by atoms with Gasteiger partial charge in [0.05, 0.1) is 36.9 Å². The van der Waals surface area contributed by atoms with Gasteiger partial charge in [-0.2, -0.15) is 0 Å². The summed E-state index contributed by atoms with van der Waals surface area (Å²) in [7, 11) is 3.11. The third-order valence-electron chi connectivity index (χ3n) is 6.43. The minimum absolute atomic E-state index is 0.0473. The molecule has 8 heteroatoms. The van der Waals surface area contributed by atoms with Crippen molar-refractivity contribution in [1.82, 2.24) is 4.98 Å². The SMILES string of the molecule is COc1ccc(C2c3c(oc4cc(C)c(C)cc4c3=O)C(=O)N2c2nc(C)c(C)s2)cc1OC. The van der Waals surface area contributed by atoms with Crippen molar-refractivity contribution >= 4 is 33.3 Å². The largest absolute Gasteiger partial charge is 0.493 e. The van der Waals surface area contributed by atoms with Gasteiger partial charge in [0.25, 0.3) is 5.91 Å². The topological polar surface area (TPSA) is 81.9 Å². The van der Waals surface area contributed by atoms with Crippen LogP contribution < -0.4 is 19.8 Å². The van der Waals surface area contributed by atoms with Crippen LogP contribution in [0.4, 0.5) is 5.13 Å². The smallest absolute Gasteiger partial charge is 0.297 e. The summed E-state index contributed by atoms with van der Waals surface area (Å²) in [4.78, 5) is 34.7. The Kier molecular flexibility index (Phi) is 5.20. The van der Waals surface area contributed by atoms with E-state index in [1.807, 2.05) is 45.9 Å². The summed E-state index contributed by atoms with van der Waals surface area (Å²) in [6.07, 6.45) is 0. The van der Waals surface area contributed by atoms with E-state index in [9.17, 15) is 9.59 Å². The zero-order chi connectivity index (χ0) is 24.3. The molecule has 2 aromatic heterocycles. The number of amides is 1. The maximum atomic E-state index is 13.8. The number of ether oxygens (including phenoxy) is 2. The Morgan fingerprint density at radius 1 is 0.971 bits per heavy atom. The number of aromatic nitrogens is 1. The predicted octanol–water partition coefficient (Wildman–Crippen LogP) is 5.25. The predicted molar refractivity (Wildman–Crippen MR) is 132 cm³/mol. The molecule has 1 aliphatic heterocycles. The lowest BCUT2D eigenvalue weighted by atomic mass is 9.97. The molecule has 0 spiro atoms. The van der Waals surface area contributed by atoms with Crippen molar-refractivity contribution in [3.8, 4) is 11.5 Å². The van der Waals surface area contributed by atoms with E-state index in [1.165, 1.54) is 11.3 Å². The van der Waals surface area contributed by atoms with Crippen molar-refractivity contribution in [3.05, 3.63) is 79.1 Å². The average Bonchev–Trinajstić information content (AvgIpc) is 3.30. The fraction of sp³-hybridized carbons (Fsp3) is 0.269. The highest BCUT2D eigenvalue weighted by Gasteiger charge is 2.45. The second kappa shape index (κ2) is 7.99. The van der Waals surface area contributed by atoms with Crippen molar-refractivity contribution < 1.29 is 18.7 Å². The van der Waals surface area contributed by atoms with Crippen LogP contribution in [-0.2, 0) is 0 Å². The lowest BCUT2D eigenvalue weighted by Crippen LogP contribution is -2.29. The number of thiazole rings is 1. The van der Waals surface area contributed by atoms with Crippen molar-refractivity contribution in [3.63, 3.8) is 0 Å². The summed E-state index contributed by atoms with van der Waals surface area (Å²) < 4.78 is 17.0. The number of methoxy groups -OCH3 is 2. The zero-order valence-corrected chi connectivity index (χ0v) is 20.6. The minimum Gasteiger partial charge on any atom is -0.493 e. The van der Waals surface area contributed by atoms with Gasteiger partial charge in [-0.3, -0.25) is 14.5 Å². The second-order valence-corrected chi connectivity index (χ2v) is 9.62. The van der Waals surface area contributed by atoms with E-state index in [0.717, 1.165) is 21.7 Å². The molecule has 1 amide bonds. The quantitative estimate of drug-likeness (QED) is 0.400. The molecular weight excluding hydrogens is 452 g/mol. The van der Waals surface area contributed by atoms with Crippen LogP contribution in [-0.4, -0.2) is 25.1 Å². The molecule has 5 rings (SSSR count). The molecule has 0 aliphatic carbocycles. The third-order valence-corrected chi connectivity index (χ3v) is 7.51. The van der Waals surface area contributed by atoms with Gasteiger partial charge in [0, 0.05) is 4.88 Å². The number of nitrogens with zero attached hydrogens (tertiary/aromatic N) is 2. The molecule has 0 bridgehead atoms. The van der Waals surface area contributed by atoms with Gasteiger partial charge in [-0.25, -0.2) is 4.98 Å². The van der Waals surface area contributed by atoms with E-state index < -0.39 is 6.04 Å². The molecule has 1 aliphatic rings. The first kappa shape index (κ1) is 22.2. The van der Waals surface area contributed by atoms with Crippen LogP contribution in [0.1, 0.15) is 49.4 Å². The average molecular weight is 477 g/mol. The van der Waals surface area contributed by atoms with Crippen molar-refractivity contribution in [2.24, 2.45) is 0 Å². The molecule has 0 radical (unpaired) electrons. The first-order valence-electron chi connectivity index (χ1n) is 10.8. The standard InChI is InChI=1S/C26H24N2O5S/c1-12-9-17-19(10-13(12)2)33-24-21(23(17)29)22(16-7-8-18(31-5)20(11-16)32-6)28(25(24)30)26-27-14(3)15(4)34-26/h7-11,22H,1-6H3. The molecule has 3 heterocycles. The number of carbonyl (C=O) groups is 1. The first-order chi connectivity index (χ1) is 16.2. The third kappa shape index (κ3) is 3.20. The van der Waals surface area contributed by atoms with Crippen LogP contribution in [0.2, 0.25) is 0 Å². The Morgan fingerprint density at radius 3 is 2.32 bits per heavy atom. The van der Waals surface area contributed by atoms with Crippen LogP contribution in [0.3, 0.4) is 0 Å². The normalized spacial score (nSPS) is 15.2. The van der Waals surface area contributed by atoms with Gasteiger partial charge in [0.15, 0.2) is 22.1 Å². The Labute approximate surface area is 200 Å². The summed E-state index contributed by atoms with van der Waals surface area (Å²) in [5, 5.41) is 0.968. The highest BCUT2D eigenvalue weighted by atomic mass is 32.1. The summed E-state index contributed by atoms with van der Waals surface area (Å²) in [5.41, 5.74) is 3.99. The molecule has 7 nitrogen and oxygen atoms in total. The minimum atomic E-state index is -0.713. The second-order valence-electron chi connectivity index (χ2n) is 8.44. The number of hydrogen-bond acceptors (Lipinski definition) is 7. The van der Waals surface area contributed by atoms with E-state index in [1.54, 1.807) is 31.3 Å². The maximum absolute atomic E-state index is 13.8. The number of anilines is 1. The van der Waals surface area contributed by atoms with Crippen LogP contribution >= 0.6 is 11.3 Å². The highest BCUT2D eigenvalue weighted by Crippen LogP contribution is 2.44. The molecule has 2 aromatic carbocycles. The van der Waals surface area contributed by atoms with Crippen LogP contribution in [0, 0.1) is 27.7 Å². The van der Waals surface area contributed by atoms with E-state index >= 15 is 0 Å². The summed E-state index contributed by atoms with van der Waals surface area (Å²) in [6, 6.07) is 8.31. The zero-order valence-electron chi connectivity index (χ0n) is 19.8. The van der Waals surface area contributed by atoms with Gasteiger partial charge in [0.2, 0.25) is 5.76 Å². The molecule has 1 unspecified atom stereocenters. The van der Waals surface area contributed by atoms with Gasteiger partial charge in [0.1, 0.15) is 5.58 Å². The monoisotopic (exact) mass is 476 g/mol. The van der Waals surface area contributed by atoms with Crippen molar-refractivity contribution in [2.75, 3.05) is 19.1 Å². The molecule has 0 N–H and O–H groups in total. The molecule has 0 fully saturated rings. The highest BCUT2D eigenvalue weighted by molar-refractivity contribution is 7.15. The number of hydrogen-bond donors (Lipinski definition) is 0.